The molecule has 4 aromatic rings. The second kappa shape index (κ2) is 6.14. The molecule has 1 aromatic heterocycles. The van der Waals surface area contributed by atoms with E-state index >= 15 is 0 Å². The average molecular weight is 394 g/mol. The van der Waals surface area contributed by atoms with E-state index in [4.69, 9.17) is 4.42 Å². The minimum Gasteiger partial charge on any atom is -0.456 e. The first-order valence-corrected chi connectivity index (χ1v) is 11.5. The molecule has 4 saturated carbocycles. The van der Waals surface area contributed by atoms with Crippen LogP contribution in [0, 0.1) is 17.8 Å². The molecule has 2 heteroatoms. The summed E-state index contributed by atoms with van der Waals surface area (Å²) in [4.78, 5) is 0. The molecule has 4 bridgehead atoms. The lowest BCUT2D eigenvalue weighted by molar-refractivity contribution is -0.00518. The molecule has 150 valence electrons. The van der Waals surface area contributed by atoms with Crippen molar-refractivity contribution >= 4 is 33.3 Å². The molecule has 30 heavy (non-hydrogen) atoms. The zero-order valence-corrected chi connectivity index (χ0v) is 17.2. The quantitative estimate of drug-likeness (QED) is 0.384. The van der Waals surface area contributed by atoms with Crippen LogP contribution in [0.15, 0.2) is 71.1 Å². The van der Waals surface area contributed by atoms with Gasteiger partial charge in [-0.05, 0) is 97.6 Å². The van der Waals surface area contributed by atoms with Crippen LogP contribution < -0.4 is 5.32 Å². The third kappa shape index (κ3) is 2.56. The maximum Gasteiger partial charge on any atom is 0.137 e. The number of hydrogen-bond acceptors (Lipinski definition) is 2. The van der Waals surface area contributed by atoms with Gasteiger partial charge >= 0.3 is 0 Å². The third-order valence-corrected chi connectivity index (χ3v) is 8.20. The Morgan fingerprint density at radius 2 is 1.30 bits per heavy atom. The van der Waals surface area contributed by atoms with Gasteiger partial charge in [0.25, 0.3) is 0 Å². The van der Waals surface area contributed by atoms with Gasteiger partial charge in [0.15, 0.2) is 0 Å². The van der Waals surface area contributed by atoms with E-state index in [0.717, 1.165) is 40.3 Å². The van der Waals surface area contributed by atoms with E-state index in [1.165, 1.54) is 49.3 Å². The predicted molar refractivity (Wildman–Crippen MR) is 123 cm³/mol. The summed E-state index contributed by atoms with van der Waals surface area (Å²) >= 11 is 0. The highest BCUT2D eigenvalue weighted by atomic mass is 16.3. The van der Waals surface area contributed by atoms with Crippen molar-refractivity contribution in [1.82, 2.24) is 0 Å². The van der Waals surface area contributed by atoms with Crippen LogP contribution in [0.2, 0.25) is 0 Å². The van der Waals surface area contributed by atoms with Crippen LogP contribution in [-0.4, -0.2) is 0 Å². The lowest BCUT2D eigenvalue weighted by atomic mass is 9.48. The second-order valence-electron chi connectivity index (χ2n) is 10.2. The minimum atomic E-state index is 0.473. The van der Waals surface area contributed by atoms with E-state index in [1.807, 2.05) is 12.1 Å². The molecule has 1 heterocycles. The zero-order valence-electron chi connectivity index (χ0n) is 17.2. The molecule has 0 atom stereocenters. The molecule has 0 saturated heterocycles. The normalized spacial score (nSPS) is 29.7. The fourth-order valence-corrected chi connectivity index (χ4v) is 7.34. The molecule has 1 N–H and O–H groups in total. The van der Waals surface area contributed by atoms with Crippen molar-refractivity contribution in [3.63, 3.8) is 0 Å². The fraction of sp³-hybridized carbons (Fsp3) is 0.357. The van der Waals surface area contributed by atoms with Gasteiger partial charge in [-0.1, -0.05) is 30.3 Å². The van der Waals surface area contributed by atoms with E-state index in [9.17, 15) is 0 Å². The van der Waals surface area contributed by atoms with Crippen LogP contribution >= 0.6 is 0 Å². The molecule has 0 aliphatic heterocycles. The Morgan fingerprint density at radius 1 is 0.667 bits per heavy atom. The van der Waals surface area contributed by atoms with E-state index in [2.05, 4.69) is 59.9 Å². The standard InChI is InChI=1S/C28H27NO/c1-2-4-26-24(3-1)25-10-9-23(14-27(25)30-26)29-22-7-5-21(6-8-22)28-15-18-11-19(16-28)13-20(12-18)17-28/h1-10,14,18-20,29H,11-13,15-17H2/t18-,19-,20?,28?/m1/s1. The topological polar surface area (TPSA) is 25.2 Å². The van der Waals surface area contributed by atoms with Gasteiger partial charge < -0.3 is 9.73 Å². The van der Waals surface area contributed by atoms with Crippen molar-refractivity contribution in [2.45, 2.75) is 43.9 Å². The first kappa shape index (κ1) is 17.0. The van der Waals surface area contributed by atoms with E-state index in [-0.39, 0.29) is 0 Å². The van der Waals surface area contributed by atoms with Crippen molar-refractivity contribution < 1.29 is 4.42 Å². The molecule has 0 radical (unpaired) electrons. The average Bonchev–Trinajstić information content (AvgIpc) is 3.11. The van der Waals surface area contributed by atoms with Crippen molar-refractivity contribution in [1.29, 1.82) is 0 Å². The summed E-state index contributed by atoms with van der Waals surface area (Å²) in [6, 6.07) is 24.0. The highest BCUT2D eigenvalue weighted by molar-refractivity contribution is 6.05. The summed E-state index contributed by atoms with van der Waals surface area (Å²) in [7, 11) is 0. The summed E-state index contributed by atoms with van der Waals surface area (Å²) in [5.74, 6) is 2.97. The Morgan fingerprint density at radius 3 is 2.03 bits per heavy atom. The van der Waals surface area contributed by atoms with Gasteiger partial charge in [-0.25, -0.2) is 0 Å². The second-order valence-corrected chi connectivity index (χ2v) is 10.2. The Labute approximate surface area is 177 Å². The molecule has 0 spiro atoms. The van der Waals surface area contributed by atoms with Crippen molar-refractivity contribution in [3.8, 4) is 0 Å². The molecular weight excluding hydrogens is 366 g/mol. The molecular formula is C28H27NO. The summed E-state index contributed by atoms with van der Waals surface area (Å²) in [6.45, 7) is 0. The Kier molecular flexibility index (Phi) is 3.48. The number of para-hydroxylation sites is 1. The van der Waals surface area contributed by atoms with Crippen LogP contribution in [0.1, 0.15) is 44.1 Å². The van der Waals surface area contributed by atoms with Crippen LogP contribution in [0.5, 0.6) is 0 Å². The van der Waals surface area contributed by atoms with Crippen molar-refractivity contribution in [2.24, 2.45) is 17.8 Å². The fourth-order valence-electron chi connectivity index (χ4n) is 7.34. The van der Waals surface area contributed by atoms with E-state index in [1.54, 1.807) is 5.56 Å². The maximum absolute atomic E-state index is 6.05. The predicted octanol–water partition coefficient (Wildman–Crippen LogP) is 7.80. The van der Waals surface area contributed by atoms with Gasteiger partial charge in [-0.3, -0.25) is 0 Å². The molecule has 4 aliphatic carbocycles. The van der Waals surface area contributed by atoms with Gasteiger partial charge in [0, 0.05) is 28.2 Å². The summed E-state index contributed by atoms with van der Waals surface area (Å²) in [5.41, 5.74) is 6.17. The van der Waals surface area contributed by atoms with Crippen LogP contribution in [0.25, 0.3) is 21.9 Å². The molecule has 3 aromatic carbocycles. The maximum atomic E-state index is 6.05. The van der Waals surface area contributed by atoms with E-state index in [0.29, 0.717) is 5.41 Å². The van der Waals surface area contributed by atoms with Crippen molar-refractivity contribution in [3.05, 3.63) is 72.3 Å². The number of rotatable bonds is 3. The van der Waals surface area contributed by atoms with Crippen LogP contribution in [0.4, 0.5) is 11.4 Å². The molecule has 4 aliphatic rings. The smallest absolute Gasteiger partial charge is 0.137 e. The number of nitrogens with one attached hydrogen (secondary N) is 1. The highest BCUT2D eigenvalue weighted by Gasteiger charge is 2.51. The Bertz CT molecular complexity index is 1210. The van der Waals surface area contributed by atoms with Gasteiger partial charge in [-0.15, -0.1) is 0 Å². The summed E-state index contributed by atoms with van der Waals surface area (Å²) < 4.78 is 6.05. The largest absolute Gasteiger partial charge is 0.456 e. The van der Waals surface area contributed by atoms with E-state index < -0.39 is 0 Å². The first-order valence-electron chi connectivity index (χ1n) is 11.5. The number of anilines is 2. The van der Waals surface area contributed by atoms with Crippen molar-refractivity contribution in [2.75, 3.05) is 5.32 Å². The number of furan rings is 1. The highest BCUT2D eigenvalue weighted by Crippen LogP contribution is 2.60. The monoisotopic (exact) mass is 393 g/mol. The lowest BCUT2D eigenvalue weighted by Gasteiger charge is -2.57. The zero-order chi connectivity index (χ0) is 19.7. The third-order valence-electron chi connectivity index (χ3n) is 8.20. The SMILES string of the molecule is c1ccc2c(c1)oc1cc(Nc3ccc(C45CC6C[C@H](C4)C[C@H](C6)C5)cc3)ccc12. The summed E-state index contributed by atoms with van der Waals surface area (Å²) in [5, 5.41) is 5.94. The van der Waals surface area contributed by atoms with Gasteiger partial charge in [0.2, 0.25) is 0 Å². The Balaban J connectivity index is 1.16. The van der Waals surface area contributed by atoms with Gasteiger partial charge in [0.05, 0.1) is 0 Å². The summed E-state index contributed by atoms with van der Waals surface area (Å²) in [6.07, 6.45) is 8.78. The molecule has 0 unspecified atom stereocenters. The van der Waals surface area contributed by atoms with Gasteiger partial charge in [0.1, 0.15) is 11.2 Å². The Hall–Kier alpha value is -2.74. The number of fused-ring (bicyclic) bond motifs is 3. The molecule has 8 rings (SSSR count). The molecule has 4 fully saturated rings. The first-order chi connectivity index (χ1) is 14.7. The molecule has 2 nitrogen and oxygen atoms in total. The van der Waals surface area contributed by atoms with Crippen LogP contribution in [-0.2, 0) is 5.41 Å². The molecule has 0 amide bonds. The van der Waals surface area contributed by atoms with Gasteiger partial charge in [-0.2, -0.15) is 0 Å². The lowest BCUT2D eigenvalue weighted by Crippen LogP contribution is -2.48. The number of benzene rings is 3. The number of hydrogen-bond donors (Lipinski definition) is 1. The van der Waals surface area contributed by atoms with Crippen LogP contribution in [0.3, 0.4) is 0 Å². The minimum absolute atomic E-state index is 0.473.